The summed E-state index contributed by atoms with van der Waals surface area (Å²) in [6, 6.07) is 9.68. The van der Waals surface area contributed by atoms with Crippen LogP contribution in [0.25, 0.3) is 0 Å². The lowest BCUT2D eigenvalue weighted by Crippen LogP contribution is -2.31. The van der Waals surface area contributed by atoms with Crippen molar-refractivity contribution in [2.24, 2.45) is 0 Å². The molecule has 0 radical (unpaired) electrons. The van der Waals surface area contributed by atoms with Crippen LogP contribution < -0.4 is 10.1 Å². The van der Waals surface area contributed by atoms with Gasteiger partial charge in [0.05, 0.1) is 7.11 Å². The SMILES string of the molecule is CCN(CC)C(=O)c1cc(C)nc(NCCc2cccc(OC)c2)n1. The largest absolute Gasteiger partial charge is 0.497 e. The van der Waals surface area contributed by atoms with Crippen molar-refractivity contribution in [3.63, 3.8) is 0 Å². The van der Waals surface area contributed by atoms with Gasteiger partial charge in [-0.05, 0) is 51.0 Å². The molecule has 134 valence electrons. The Balaban J connectivity index is 2.03. The summed E-state index contributed by atoms with van der Waals surface area (Å²) in [5.74, 6) is 1.26. The zero-order chi connectivity index (χ0) is 18.2. The van der Waals surface area contributed by atoms with Crippen molar-refractivity contribution in [2.45, 2.75) is 27.2 Å². The molecule has 1 aromatic heterocycles. The molecule has 0 bridgehead atoms. The first-order valence-corrected chi connectivity index (χ1v) is 8.59. The Bertz CT molecular complexity index is 714. The second kappa shape index (κ2) is 9.01. The number of aryl methyl sites for hydroxylation is 1. The van der Waals surface area contributed by atoms with E-state index in [2.05, 4.69) is 21.4 Å². The Morgan fingerprint density at radius 3 is 2.64 bits per heavy atom. The number of anilines is 1. The number of hydrogen-bond acceptors (Lipinski definition) is 5. The molecule has 0 aliphatic heterocycles. The third-order valence-corrected chi connectivity index (χ3v) is 3.95. The molecule has 1 amide bonds. The van der Waals surface area contributed by atoms with Gasteiger partial charge in [0.15, 0.2) is 0 Å². The molecule has 2 aromatic rings. The van der Waals surface area contributed by atoms with Gasteiger partial charge >= 0.3 is 0 Å². The average molecular weight is 342 g/mol. The summed E-state index contributed by atoms with van der Waals surface area (Å²) in [6.07, 6.45) is 0.813. The Morgan fingerprint density at radius 1 is 1.20 bits per heavy atom. The fraction of sp³-hybridized carbons (Fsp3) is 0.421. The van der Waals surface area contributed by atoms with Gasteiger partial charge in [-0.1, -0.05) is 12.1 Å². The molecule has 1 heterocycles. The first-order valence-electron chi connectivity index (χ1n) is 8.59. The first kappa shape index (κ1) is 18.7. The number of ether oxygens (including phenoxy) is 1. The summed E-state index contributed by atoms with van der Waals surface area (Å²) in [7, 11) is 1.66. The summed E-state index contributed by atoms with van der Waals surface area (Å²) >= 11 is 0. The van der Waals surface area contributed by atoms with Crippen LogP contribution in [0.1, 0.15) is 35.6 Å². The Kier molecular flexibility index (Phi) is 6.74. The van der Waals surface area contributed by atoms with Crippen LogP contribution in [0.2, 0.25) is 0 Å². The van der Waals surface area contributed by atoms with E-state index in [0.29, 0.717) is 31.3 Å². The maximum atomic E-state index is 12.5. The number of aromatic nitrogens is 2. The van der Waals surface area contributed by atoms with E-state index in [1.165, 1.54) is 5.56 Å². The highest BCUT2D eigenvalue weighted by Gasteiger charge is 2.15. The highest BCUT2D eigenvalue weighted by molar-refractivity contribution is 5.92. The lowest BCUT2D eigenvalue weighted by Gasteiger charge is -2.18. The minimum atomic E-state index is -0.0636. The molecule has 1 aromatic carbocycles. The van der Waals surface area contributed by atoms with Gasteiger partial charge in [-0.25, -0.2) is 9.97 Å². The zero-order valence-electron chi connectivity index (χ0n) is 15.4. The van der Waals surface area contributed by atoms with Gasteiger partial charge in [-0.2, -0.15) is 0 Å². The molecule has 6 nitrogen and oxygen atoms in total. The lowest BCUT2D eigenvalue weighted by atomic mass is 10.1. The van der Waals surface area contributed by atoms with Crippen molar-refractivity contribution < 1.29 is 9.53 Å². The number of carbonyl (C=O) groups is 1. The van der Waals surface area contributed by atoms with Gasteiger partial charge in [0, 0.05) is 25.3 Å². The Morgan fingerprint density at radius 2 is 1.96 bits per heavy atom. The van der Waals surface area contributed by atoms with Crippen LogP contribution in [-0.4, -0.2) is 47.5 Å². The molecular weight excluding hydrogens is 316 g/mol. The predicted octanol–water partition coefficient (Wildman–Crippen LogP) is 2.93. The summed E-state index contributed by atoms with van der Waals surface area (Å²) in [6.45, 7) is 7.79. The molecule has 0 aliphatic rings. The number of nitrogens with one attached hydrogen (secondary N) is 1. The maximum absolute atomic E-state index is 12.5. The van der Waals surface area contributed by atoms with E-state index in [4.69, 9.17) is 4.74 Å². The average Bonchev–Trinajstić information content (AvgIpc) is 2.62. The van der Waals surface area contributed by atoms with E-state index >= 15 is 0 Å². The van der Waals surface area contributed by atoms with Crippen LogP contribution in [0.5, 0.6) is 5.75 Å². The van der Waals surface area contributed by atoms with E-state index in [-0.39, 0.29) is 5.91 Å². The van der Waals surface area contributed by atoms with Crippen molar-refractivity contribution in [3.05, 3.63) is 47.3 Å². The second-order valence-electron chi connectivity index (χ2n) is 5.72. The van der Waals surface area contributed by atoms with E-state index in [1.54, 1.807) is 18.1 Å². The van der Waals surface area contributed by atoms with Gasteiger partial charge in [0.1, 0.15) is 11.4 Å². The third kappa shape index (κ3) is 5.17. The summed E-state index contributed by atoms with van der Waals surface area (Å²) < 4.78 is 5.23. The predicted molar refractivity (Wildman–Crippen MR) is 99.2 cm³/mol. The van der Waals surface area contributed by atoms with Gasteiger partial charge in [-0.15, -0.1) is 0 Å². The lowest BCUT2D eigenvalue weighted by molar-refractivity contribution is 0.0767. The number of carbonyl (C=O) groups excluding carboxylic acids is 1. The number of benzene rings is 1. The molecule has 0 fully saturated rings. The van der Waals surface area contributed by atoms with Gasteiger partial charge in [-0.3, -0.25) is 4.79 Å². The molecule has 0 unspecified atom stereocenters. The van der Waals surface area contributed by atoms with Crippen molar-refractivity contribution >= 4 is 11.9 Å². The number of amides is 1. The summed E-state index contributed by atoms with van der Waals surface area (Å²) in [5, 5.41) is 3.21. The van der Waals surface area contributed by atoms with Crippen molar-refractivity contribution in [2.75, 3.05) is 32.1 Å². The van der Waals surface area contributed by atoms with Crippen LogP contribution in [0, 0.1) is 6.92 Å². The highest BCUT2D eigenvalue weighted by atomic mass is 16.5. The second-order valence-corrected chi connectivity index (χ2v) is 5.72. The molecule has 0 aliphatic carbocycles. The van der Waals surface area contributed by atoms with Gasteiger partial charge < -0.3 is 15.0 Å². The Labute approximate surface area is 149 Å². The standard InChI is InChI=1S/C19H26N4O2/c1-5-23(6-2)18(24)17-12-14(3)21-19(22-17)20-11-10-15-8-7-9-16(13-15)25-4/h7-9,12-13H,5-6,10-11H2,1-4H3,(H,20,21,22). The monoisotopic (exact) mass is 342 g/mol. The minimum absolute atomic E-state index is 0.0636. The fourth-order valence-corrected chi connectivity index (χ4v) is 2.58. The molecule has 0 saturated heterocycles. The normalized spacial score (nSPS) is 10.4. The van der Waals surface area contributed by atoms with E-state index in [9.17, 15) is 4.79 Å². The highest BCUT2D eigenvalue weighted by Crippen LogP contribution is 2.13. The van der Waals surface area contributed by atoms with Crippen LogP contribution in [0.15, 0.2) is 30.3 Å². The number of hydrogen-bond donors (Lipinski definition) is 1. The van der Waals surface area contributed by atoms with E-state index < -0.39 is 0 Å². The number of nitrogens with zero attached hydrogens (tertiary/aromatic N) is 3. The fourth-order valence-electron chi connectivity index (χ4n) is 2.58. The van der Waals surface area contributed by atoms with E-state index in [0.717, 1.165) is 17.9 Å². The van der Waals surface area contributed by atoms with Gasteiger partial charge in [0.25, 0.3) is 5.91 Å². The van der Waals surface area contributed by atoms with Crippen LogP contribution in [0.4, 0.5) is 5.95 Å². The molecular formula is C19H26N4O2. The topological polar surface area (TPSA) is 67.4 Å². The summed E-state index contributed by atoms with van der Waals surface area (Å²) in [5.41, 5.74) is 2.37. The van der Waals surface area contributed by atoms with E-state index in [1.807, 2.05) is 39.0 Å². The first-order chi connectivity index (χ1) is 12.1. The quantitative estimate of drug-likeness (QED) is 0.799. The maximum Gasteiger partial charge on any atom is 0.272 e. The molecule has 6 heteroatoms. The molecule has 0 saturated carbocycles. The van der Waals surface area contributed by atoms with Crippen molar-refractivity contribution in [1.29, 1.82) is 0 Å². The van der Waals surface area contributed by atoms with Gasteiger partial charge in [0.2, 0.25) is 5.95 Å². The summed E-state index contributed by atoms with van der Waals surface area (Å²) in [4.78, 5) is 23.0. The minimum Gasteiger partial charge on any atom is -0.497 e. The molecule has 0 atom stereocenters. The molecule has 2 rings (SSSR count). The van der Waals surface area contributed by atoms with Crippen molar-refractivity contribution in [3.8, 4) is 5.75 Å². The van der Waals surface area contributed by atoms with Crippen LogP contribution in [0.3, 0.4) is 0 Å². The number of methoxy groups -OCH3 is 1. The zero-order valence-corrected chi connectivity index (χ0v) is 15.4. The van der Waals surface area contributed by atoms with Crippen LogP contribution >= 0.6 is 0 Å². The molecule has 25 heavy (non-hydrogen) atoms. The van der Waals surface area contributed by atoms with Crippen molar-refractivity contribution in [1.82, 2.24) is 14.9 Å². The molecule has 1 N–H and O–H groups in total. The molecule has 0 spiro atoms. The smallest absolute Gasteiger partial charge is 0.272 e. The number of rotatable bonds is 8. The van der Waals surface area contributed by atoms with Crippen LogP contribution in [-0.2, 0) is 6.42 Å². The third-order valence-electron chi connectivity index (χ3n) is 3.95. The Hall–Kier alpha value is -2.63.